The fraction of sp³-hybridized carbons (Fsp3) is 0.400. The number of piperidine rings is 1. The quantitative estimate of drug-likeness (QED) is 0.505. The van der Waals surface area contributed by atoms with Crippen molar-refractivity contribution in [1.82, 2.24) is 15.0 Å². The van der Waals surface area contributed by atoms with Crippen LogP contribution in [0.1, 0.15) is 25.7 Å². The summed E-state index contributed by atoms with van der Waals surface area (Å²) < 4.78 is 21.8. The van der Waals surface area contributed by atoms with E-state index in [1.165, 1.54) is 0 Å². The Morgan fingerprint density at radius 2 is 1.97 bits per heavy atom. The van der Waals surface area contributed by atoms with Gasteiger partial charge in [0, 0.05) is 12.1 Å². The first-order valence-corrected chi connectivity index (χ1v) is 11.4. The van der Waals surface area contributed by atoms with Crippen molar-refractivity contribution in [2.75, 3.05) is 39.2 Å². The Labute approximate surface area is 199 Å². The number of rotatable bonds is 9. The van der Waals surface area contributed by atoms with Crippen LogP contribution in [-0.2, 0) is 11.3 Å². The number of nitrogens with one attached hydrogen (secondary N) is 1. The van der Waals surface area contributed by atoms with Crippen LogP contribution in [0.5, 0.6) is 17.2 Å². The maximum atomic E-state index is 13.0. The molecule has 1 saturated heterocycles. The molecule has 34 heavy (non-hydrogen) atoms. The van der Waals surface area contributed by atoms with Crippen molar-refractivity contribution < 1.29 is 23.5 Å². The van der Waals surface area contributed by atoms with E-state index in [2.05, 4.69) is 20.4 Å². The first-order valence-electron chi connectivity index (χ1n) is 11.4. The molecule has 1 aromatic heterocycles. The fourth-order valence-corrected chi connectivity index (χ4v) is 4.10. The lowest BCUT2D eigenvalue weighted by Crippen LogP contribution is -2.40. The third-order valence-corrected chi connectivity index (χ3v) is 5.79. The average Bonchev–Trinajstić information content (AvgIpc) is 3.33. The fourth-order valence-electron chi connectivity index (χ4n) is 4.10. The van der Waals surface area contributed by atoms with Crippen LogP contribution in [0.25, 0.3) is 11.4 Å². The Hall–Kier alpha value is -3.59. The number of likely N-dealkylation sites (tertiary alicyclic amines) is 1. The maximum absolute atomic E-state index is 13.0. The SMILES string of the molecule is CCOc1ccccc1NC(=O)[C@@H]1CCCN(Cc2nc(-c3ccc(OC)c(OC)c3)no2)C1. The zero-order valence-corrected chi connectivity index (χ0v) is 19.7. The van der Waals surface area contributed by atoms with Crippen molar-refractivity contribution in [3.8, 4) is 28.6 Å². The highest BCUT2D eigenvalue weighted by Gasteiger charge is 2.27. The molecule has 0 spiro atoms. The van der Waals surface area contributed by atoms with Crippen LogP contribution < -0.4 is 19.5 Å². The third-order valence-electron chi connectivity index (χ3n) is 5.79. The summed E-state index contributed by atoms with van der Waals surface area (Å²) in [5.74, 6) is 2.77. The first-order chi connectivity index (χ1) is 16.6. The topological polar surface area (TPSA) is 99.0 Å². The molecule has 1 aliphatic rings. The second-order valence-electron chi connectivity index (χ2n) is 8.07. The van der Waals surface area contributed by atoms with E-state index in [-0.39, 0.29) is 11.8 Å². The van der Waals surface area contributed by atoms with Crippen LogP contribution in [-0.4, -0.2) is 54.9 Å². The van der Waals surface area contributed by atoms with Gasteiger partial charge in [-0.2, -0.15) is 4.98 Å². The number of nitrogens with zero attached hydrogens (tertiary/aromatic N) is 3. The van der Waals surface area contributed by atoms with Gasteiger partial charge in [-0.15, -0.1) is 0 Å². The van der Waals surface area contributed by atoms with Crippen molar-refractivity contribution in [1.29, 1.82) is 0 Å². The number of ether oxygens (including phenoxy) is 3. The molecular weight excluding hydrogens is 436 g/mol. The molecule has 1 aliphatic heterocycles. The number of anilines is 1. The molecule has 0 unspecified atom stereocenters. The van der Waals surface area contributed by atoms with Crippen LogP contribution in [0.2, 0.25) is 0 Å². The number of methoxy groups -OCH3 is 2. The minimum Gasteiger partial charge on any atom is -0.493 e. The van der Waals surface area contributed by atoms with E-state index in [0.29, 0.717) is 54.3 Å². The predicted molar refractivity (Wildman–Crippen MR) is 127 cm³/mol. The van der Waals surface area contributed by atoms with Gasteiger partial charge in [0.15, 0.2) is 11.5 Å². The van der Waals surface area contributed by atoms with Gasteiger partial charge in [-0.3, -0.25) is 9.69 Å². The molecule has 9 heteroatoms. The number of benzene rings is 2. The van der Waals surface area contributed by atoms with Gasteiger partial charge in [-0.1, -0.05) is 17.3 Å². The van der Waals surface area contributed by atoms with Crippen molar-refractivity contribution in [2.24, 2.45) is 5.92 Å². The second kappa shape index (κ2) is 11.0. The highest BCUT2D eigenvalue weighted by molar-refractivity contribution is 5.94. The van der Waals surface area contributed by atoms with Gasteiger partial charge in [0.2, 0.25) is 17.6 Å². The molecule has 1 atom stereocenters. The number of hydrogen-bond acceptors (Lipinski definition) is 8. The van der Waals surface area contributed by atoms with E-state index in [0.717, 1.165) is 24.9 Å². The standard InChI is InChI=1S/C25H30N4O5/c1-4-33-20-10-6-5-9-19(20)26-25(30)18-8-7-13-29(15-18)16-23-27-24(28-34-23)17-11-12-21(31-2)22(14-17)32-3/h5-6,9-12,14,18H,4,7-8,13,15-16H2,1-3H3,(H,26,30)/t18-/m1/s1. The summed E-state index contributed by atoms with van der Waals surface area (Å²) in [4.78, 5) is 19.7. The number of para-hydroxylation sites is 2. The number of aromatic nitrogens is 2. The minimum absolute atomic E-state index is 0.00611. The van der Waals surface area contributed by atoms with Crippen LogP contribution in [0.15, 0.2) is 47.0 Å². The highest BCUT2D eigenvalue weighted by Crippen LogP contribution is 2.31. The van der Waals surface area contributed by atoms with Gasteiger partial charge in [-0.25, -0.2) is 0 Å². The Kier molecular flexibility index (Phi) is 7.64. The van der Waals surface area contributed by atoms with E-state index in [1.54, 1.807) is 14.2 Å². The predicted octanol–water partition coefficient (Wildman–Crippen LogP) is 4.00. The van der Waals surface area contributed by atoms with Gasteiger partial charge < -0.3 is 24.1 Å². The molecule has 3 aromatic rings. The van der Waals surface area contributed by atoms with E-state index < -0.39 is 0 Å². The molecule has 9 nitrogen and oxygen atoms in total. The molecule has 180 valence electrons. The van der Waals surface area contributed by atoms with Gasteiger partial charge in [0.05, 0.1) is 39.0 Å². The number of hydrogen-bond donors (Lipinski definition) is 1. The molecule has 0 saturated carbocycles. The molecule has 2 aromatic carbocycles. The van der Waals surface area contributed by atoms with Gasteiger partial charge >= 0.3 is 0 Å². The van der Waals surface area contributed by atoms with E-state index >= 15 is 0 Å². The Morgan fingerprint density at radius 3 is 2.76 bits per heavy atom. The zero-order chi connectivity index (χ0) is 23.9. The molecule has 0 aliphatic carbocycles. The molecule has 1 fully saturated rings. The molecule has 0 bridgehead atoms. The lowest BCUT2D eigenvalue weighted by Gasteiger charge is -2.31. The summed E-state index contributed by atoms with van der Waals surface area (Å²) in [5, 5.41) is 7.15. The minimum atomic E-state index is -0.128. The smallest absolute Gasteiger partial charge is 0.241 e. The van der Waals surface area contributed by atoms with E-state index in [1.807, 2.05) is 49.4 Å². The van der Waals surface area contributed by atoms with Crippen molar-refractivity contribution in [3.05, 3.63) is 48.4 Å². The Morgan fingerprint density at radius 1 is 1.15 bits per heavy atom. The Bertz CT molecular complexity index is 1120. The number of amides is 1. The third kappa shape index (κ3) is 5.48. The number of carbonyl (C=O) groups excluding carboxylic acids is 1. The van der Waals surface area contributed by atoms with Crippen LogP contribution in [0.3, 0.4) is 0 Å². The number of carbonyl (C=O) groups is 1. The molecule has 0 radical (unpaired) electrons. The normalized spacial score (nSPS) is 16.1. The first kappa shape index (κ1) is 23.6. The highest BCUT2D eigenvalue weighted by atomic mass is 16.5. The summed E-state index contributed by atoms with van der Waals surface area (Å²) in [7, 11) is 3.18. The monoisotopic (exact) mass is 466 g/mol. The summed E-state index contributed by atoms with van der Waals surface area (Å²) >= 11 is 0. The Balaban J connectivity index is 1.38. The average molecular weight is 467 g/mol. The summed E-state index contributed by atoms with van der Waals surface area (Å²) in [6.45, 7) is 4.44. The van der Waals surface area contributed by atoms with Gasteiger partial charge in [0.25, 0.3) is 0 Å². The van der Waals surface area contributed by atoms with Crippen molar-refractivity contribution in [2.45, 2.75) is 26.3 Å². The van der Waals surface area contributed by atoms with Gasteiger partial charge in [-0.05, 0) is 56.6 Å². The zero-order valence-electron chi connectivity index (χ0n) is 19.7. The molecule has 1 N–H and O–H groups in total. The van der Waals surface area contributed by atoms with Gasteiger partial charge in [0.1, 0.15) is 5.75 Å². The van der Waals surface area contributed by atoms with Crippen LogP contribution in [0, 0.1) is 5.92 Å². The maximum Gasteiger partial charge on any atom is 0.241 e. The largest absolute Gasteiger partial charge is 0.493 e. The summed E-state index contributed by atoms with van der Waals surface area (Å²) in [6, 6.07) is 13.0. The lowest BCUT2D eigenvalue weighted by atomic mass is 9.97. The summed E-state index contributed by atoms with van der Waals surface area (Å²) in [5.41, 5.74) is 1.47. The van der Waals surface area contributed by atoms with E-state index in [9.17, 15) is 4.79 Å². The van der Waals surface area contributed by atoms with Crippen LogP contribution >= 0.6 is 0 Å². The molecule has 2 heterocycles. The molecular formula is C25H30N4O5. The lowest BCUT2D eigenvalue weighted by molar-refractivity contribution is -0.121. The van der Waals surface area contributed by atoms with E-state index in [4.69, 9.17) is 18.7 Å². The van der Waals surface area contributed by atoms with Crippen LogP contribution in [0.4, 0.5) is 5.69 Å². The molecule has 4 rings (SSSR count). The van der Waals surface area contributed by atoms with Crippen molar-refractivity contribution in [3.63, 3.8) is 0 Å². The second-order valence-corrected chi connectivity index (χ2v) is 8.07. The van der Waals surface area contributed by atoms with Crippen molar-refractivity contribution >= 4 is 11.6 Å². The summed E-state index contributed by atoms with van der Waals surface area (Å²) in [6.07, 6.45) is 1.75. The molecule has 1 amide bonds.